The van der Waals surface area contributed by atoms with Gasteiger partial charge < -0.3 is 14.2 Å². The normalized spacial score (nSPS) is 12.4. The number of esters is 3. The van der Waals surface area contributed by atoms with Gasteiger partial charge in [0.05, 0.1) is 0 Å². The standard InChI is InChI=1S/C70H126O6/c1-4-7-10-13-16-19-22-25-28-31-32-33-34-35-36-37-40-42-45-48-51-54-57-60-63-69(72)75-66-67(76-70(73)64-61-58-55-52-49-46-43-39-30-27-24-21-18-15-12-9-6-3)65-74-68(71)62-59-56-53-50-47-44-41-38-29-26-23-20-17-14-11-8-5-2/h9,12,18,21,27,30,43,46,52,55,67H,4-8,10-11,13-17,19-20,22-26,28-29,31-42,44-45,47-51,53-54,56-66H2,1-3H3/b12-9-,21-18-,30-27-,46-43-,55-52-. The number of unbranched alkanes of at least 4 members (excludes halogenated alkanes) is 40. The largest absolute Gasteiger partial charge is 0.462 e. The van der Waals surface area contributed by atoms with Crippen LogP contribution in [0.4, 0.5) is 0 Å². The van der Waals surface area contributed by atoms with Gasteiger partial charge in [-0.3, -0.25) is 14.4 Å². The molecule has 6 heteroatoms. The molecule has 0 N–H and O–H groups in total. The minimum Gasteiger partial charge on any atom is -0.462 e. The van der Waals surface area contributed by atoms with Crippen molar-refractivity contribution in [2.75, 3.05) is 13.2 Å². The molecule has 0 heterocycles. The number of hydrogen-bond donors (Lipinski definition) is 0. The second kappa shape index (κ2) is 64.6. The molecule has 0 spiro atoms. The van der Waals surface area contributed by atoms with Crippen molar-refractivity contribution in [3.63, 3.8) is 0 Å². The Hall–Kier alpha value is -2.89. The van der Waals surface area contributed by atoms with Crippen LogP contribution in [0.1, 0.15) is 348 Å². The lowest BCUT2D eigenvalue weighted by molar-refractivity contribution is -0.167. The molecule has 76 heavy (non-hydrogen) atoms. The molecule has 0 rings (SSSR count). The molecule has 0 aromatic heterocycles. The van der Waals surface area contributed by atoms with Gasteiger partial charge in [0.25, 0.3) is 0 Å². The first-order valence-corrected chi connectivity index (χ1v) is 33.3. The maximum absolute atomic E-state index is 12.9. The van der Waals surface area contributed by atoms with Crippen molar-refractivity contribution in [1.29, 1.82) is 0 Å². The van der Waals surface area contributed by atoms with Crippen LogP contribution in [-0.4, -0.2) is 37.2 Å². The summed E-state index contributed by atoms with van der Waals surface area (Å²) in [4.78, 5) is 38.3. The van der Waals surface area contributed by atoms with Crippen molar-refractivity contribution in [3.8, 4) is 0 Å². The number of carbonyl (C=O) groups is 3. The van der Waals surface area contributed by atoms with Crippen LogP contribution in [0.15, 0.2) is 60.8 Å². The van der Waals surface area contributed by atoms with Gasteiger partial charge in [0, 0.05) is 19.3 Å². The second-order valence-corrected chi connectivity index (χ2v) is 22.4. The summed E-state index contributed by atoms with van der Waals surface area (Å²) in [5.41, 5.74) is 0. The Bertz CT molecular complexity index is 1360. The minimum absolute atomic E-state index is 0.0921. The molecule has 1 unspecified atom stereocenters. The summed E-state index contributed by atoms with van der Waals surface area (Å²) in [6.07, 6.45) is 82.5. The molecular weight excluding hydrogens is 937 g/mol. The second-order valence-electron chi connectivity index (χ2n) is 22.4. The summed E-state index contributed by atoms with van der Waals surface area (Å²) >= 11 is 0. The minimum atomic E-state index is -0.802. The smallest absolute Gasteiger partial charge is 0.306 e. The maximum Gasteiger partial charge on any atom is 0.306 e. The molecule has 0 saturated heterocycles. The number of allylic oxidation sites excluding steroid dienone is 10. The van der Waals surface area contributed by atoms with Gasteiger partial charge in [0.2, 0.25) is 0 Å². The number of carbonyl (C=O) groups excluding carboxylic acids is 3. The van der Waals surface area contributed by atoms with Crippen molar-refractivity contribution >= 4 is 17.9 Å². The third kappa shape index (κ3) is 62.0. The Kier molecular flexibility index (Phi) is 62.2. The Balaban J connectivity index is 4.34. The molecule has 0 fully saturated rings. The fraction of sp³-hybridized carbons (Fsp3) is 0.814. The van der Waals surface area contributed by atoms with E-state index in [-0.39, 0.29) is 37.5 Å². The quantitative estimate of drug-likeness (QED) is 0.0261. The maximum atomic E-state index is 12.9. The molecule has 0 aromatic rings. The van der Waals surface area contributed by atoms with Crippen LogP contribution in [0.25, 0.3) is 0 Å². The van der Waals surface area contributed by atoms with Gasteiger partial charge in [-0.25, -0.2) is 0 Å². The summed E-state index contributed by atoms with van der Waals surface area (Å²) in [6, 6.07) is 0. The highest BCUT2D eigenvalue weighted by Crippen LogP contribution is 2.18. The van der Waals surface area contributed by atoms with E-state index in [0.717, 1.165) is 77.0 Å². The van der Waals surface area contributed by atoms with Gasteiger partial charge in [-0.1, -0.05) is 332 Å². The van der Waals surface area contributed by atoms with Crippen LogP contribution >= 0.6 is 0 Å². The number of ether oxygens (including phenoxy) is 3. The summed E-state index contributed by atoms with van der Waals surface area (Å²) in [5, 5.41) is 0. The van der Waals surface area contributed by atoms with E-state index < -0.39 is 6.10 Å². The average molecular weight is 1060 g/mol. The van der Waals surface area contributed by atoms with Gasteiger partial charge in [-0.05, 0) is 57.8 Å². The Morgan fingerprint density at radius 3 is 0.789 bits per heavy atom. The van der Waals surface area contributed by atoms with E-state index in [1.54, 1.807) is 0 Å². The predicted octanol–water partition coefficient (Wildman–Crippen LogP) is 22.7. The molecule has 6 nitrogen and oxygen atoms in total. The van der Waals surface area contributed by atoms with E-state index in [1.807, 2.05) is 0 Å². The van der Waals surface area contributed by atoms with Crippen LogP contribution in [-0.2, 0) is 28.6 Å². The van der Waals surface area contributed by atoms with Crippen LogP contribution in [0.5, 0.6) is 0 Å². The zero-order valence-electron chi connectivity index (χ0n) is 50.8. The van der Waals surface area contributed by atoms with Crippen LogP contribution in [0, 0.1) is 0 Å². The van der Waals surface area contributed by atoms with E-state index in [2.05, 4.69) is 81.5 Å². The van der Waals surface area contributed by atoms with Gasteiger partial charge in [-0.2, -0.15) is 0 Å². The third-order valence-electron chi connectivity index (χ3n) is 14.8. The lowest BCUT2D eigenvalue weighted by atomic mass is 10.0. The van der Waals surface area contributed by atoms with E-state index in [0.29, 0.717) is 19.3 Å². The average Bonchev–Trinajstić information content (AvgIpc) is 3.42. The molecule has 0 bridgehead atoms. The zero-order chi connectivity index (χ0) is 55.0. The van der Waals surface area contributed by atoms with Gasteiger partial charge in [-0.15, -0.1) is 0 Å². The van der Waals surface area contributed by atoms with Crippen LogP contribution < -0.4 is 0 Å². The molecule has 442 valence electrons. The molecule has 0 amide bonds. The number of hydrogen-bond acceptors (Lipinski definition) is 6. The van der Waals surface area contributed by atoms with Crippen molar-refractivity contribution < 1.29 is 28.6 Å². The molecule has 0 aliphatic rings. The highest BCUT2D eigenvalue weighted by molar-refractivity contribution is 5.71. The molecule has 0 aliphatic carbocycles. The van der Waals surface area contributed by atoms with Crippen LogP contribution in [0.3, 0.4) is 0 Å². The van der Waals surface area contributed by atoms with Crippen LogP contribution in [0.2, 0.25) is 0 Å². The molecule has 0 aromatic carbocycles. The first-order chi connectivity index (χ1) is 37.5. The number of rotatable bonds is 61. The van der Waals surface area contributed by atoms with Crippen molar-refractivity contribution in [3.05, 3.63) is 60.8 Å². The topological polar surface area (TPSA) is 78.9 Å². The summed E-state index contributed by atoms with van der Waals surface area (Å²) < 4.78 is 16.9. The highest BCUT2D eigenvalue weighted by atomic mass is 16.6. The molecule has 0 radical (unpaired) electrons. The monoisotopic (exact) mass is 1060 g/mol. The fourth-order valence-corrected chi connectivity index (χ4v) is 9.84. The molecule has 0 aliphatic heterocycles. The van der Waals surface area contributed by atoms with Crippen molar-refractivity contribution in [2.24, 2.45) is 0 Å². The Morgan fingerprint density at radius 2 is 0.513 bits per heavy atom. The molecule has 1 atom stereocenters. The lowest BCUT2D eigenvalue weighted by Gasteiger charge is -2.18. The lowest BCUT2D eigenvalue weighted by Crippen LogP contribution is -2.30. The van der Waals surface area contributed by atoms with E-state index >= 15 is 0 Å². The van der Waals surface area contributed by atoms with Crippen molar-refractivity contribution in [1.82, 2.24) is 0 Å². The van der Waals surface area contributed by atoms with E-state index in [4.69, 9.17) is 14.2 Å². The Labute approximate surface area is 472 Å². The summed E-state index contributed by atoms with van der Waals surface area (Å²) in [6.45, 7) is 6.54. The molecule has 0 saturated carbocycles. The Morgan fingerprint density at radius 1 is 0.276 bits per heavy atom. The SMILES string of the molecule is CC/C=C\C/C=C\C/C=C\C/C=C\C/C=C\CCCC(=O)OC(COC(=O)CCCCCCCCCCCCCCCCCCC)COC(=O)CCCCCCCCCCCCCCCCCCCCCCCCCC. The molecular formula is C70H126O6. The third-order valence-corrected chi connectivity index (χ3v) is 14.8. The van der Waals surface area contributed by atoms with Crippen molar-refractivity contribution in [2.45, 2.75) is 354 Å². The summed E-state index contributed by atoms with van der Waals surface area (Å²) in [5.74, 6) is -0.928. The predicted molar refractivity (Wildman–Crippen MR) is 330 cm³/mol. The zero-order valence-corrected chi connectivity index (χ0v) is 50.8. The first-order valence-electron chi connectivity index (χ1n) is 33.3. The van der Waals surface area contributed by atoms with Gasteiger partial charge in [0.1, 0.15) is 13.2 Å². The highest BCUT2D eigenvalue weighted by Gasteiger charge is 2.19. The van der Waals surface area contributed by atoms with Gasteiger partial charge >= 0.3 is 17.9 Å². The fourth-order valence-electron chi connectivity index (χ4n) is 9.84. The summed E-state index contributed by atoms with van der Waals surface area (Å²) in [7, 11) is 0. The first kappa shape index (κ1) is 73.1. The van der Waals surface area contributed by atoms with Gasteiger partial charge in [0.15, 0.2) is 6.10 Å². The van der Waals surface area contributed by atoms with E-state index in [1.165, 1.54) is 225 Å². The van der Waals surface area contributed by atoms with E-state index in [9.17, 15) is 14.4 Å².